The predicted molar refractivity (Wildman–Crippen MR) is 89.4 cm³/mol. The average molecular weight is 401 g/mol. The van der Waals surface area contributed by atoms with E-state index < -0.39 is 0 Å². The molecule has 3 rings (SSSR count). The number of imidazole rings is 1. The molecule has 0 bridgehead atoms. The van der Waals surface area contributed by atoms with Crippen LogP contribution in [0.5, 0.6) is 0 Å². The van der Waals surface area contributed by atoms with Crippen molar-refractivity contribution in [3.8, 4) is 0 Å². The van der Waals surface area contributed by atoms with Crippen molar-refractivity contribution in [1.29, 1.82) is 0 Å². The largest absolute Gasteiger partial charge is 0.467 e. The van der Waals surface area contributed by atoms with Gasteiger partial charge < -0.3 is 8.98 Å². The summed E-state index contributed by atoms with van der Waals surface area (Å²) in [5.74, 6) is 2.49. The minimum Gasteiger partial charge on any atom is -0.467 e. The molecule has 0 N–H and O–H groups in total. The topological polar surface area (TPSA) is 31.0 Å². The number of benzene rings is 1. The Labute approximate surface area is 136 Å². The first-order chi connectivity index (χ1) is 9.70. The van der Waals surface area contributed by atoms with Crippen molar-refractivity contribution in [3.63, 3.8) is 0 Å². The fraction of sp³-hybridized carbons (Fsp3) is 0.267. The summed E-state index contributed by atoms with van der Waals surface area (Å²) in [5.41, 5.74) is 2.13. The molecule has 5 heteroatoms. The summed E-state index contributed by atoms with van der Waals surface area (Å²) in [6, 6.07) is 10.3. The number of rotatable bonds is 4. The van der Waals surface area contributed by atoms with Crippen LogP contribution in [-0.2, 0) is 6.42 Å². The van der Waals surface area contributed by atoms with Crippen LogP contribution in [0.4, 0.5) is 0 Å². The lowest BCUT2D eigenvalue weighted by Gasteiger charge is -2.15. The molecule has 0 saturated heterocycles. The summed E-state index contributed by atoms with van der Waals surface area (Å²) < 4.78 is 8.94. The number of hydrogen-bond donors (Lipinski definition) is 0. The minimum atomic E-state index is 0.105. The zero-order chi connectivity index (χ0) is 14.1. The molecular formula is C15H14ClIN2O. The van der Waals surface area contributed by atoms with E-state index in [-0.39, 0.29) is 6.04 Å². The molecule has 1 unspecified atom stereocenters. The van der Waals surface area contributed by atoms with Gasteiger partial charge in [-0.3, -0.25) is 0 Å². The molecule has 0 aliphatic heterocycles. The molecule has 20 heavy (non-hydrogen) atoms. The molecule has 0 amide bonds. The van der Waals surface area contributed by atoms with Crippen molar-refractivity contribution < 1.29 is 4.42 Å². The van der Waals surface area contributed by atoms with Crippen LogP contribution in [0.2, 0.25) is 0 Å². The number of alkyl halides is 1. The summed E-state index contributed by atoms with van der Waals surface area (Å²) in [7, 11) is 0. The summed E-state index contributed by atoms with van der Waals surface area (Å²) in [6.07, 6.45) is 2.45. The second kappa shape index (κ2) is 5.77. The number of halogens is 2. The van der Waals surface area contributed by atoms with Gasteiger partial charge in [-0.1, -0.05) is 0 Å². The molecule has 1 atom stereocenters. The Balaban J connectivity index is 2.18. The zero-order valence-corrected chi connectivity index (χ0v) is 13.9. The lowest BCUT2D eigenvalue weighted by molar-refractivity contribution is 0.445. The maximum Gasteiger partial charge on any atom is 0.126 e. The molecule has 2 aromatic heterocycles. The number of aryl methyl sites for hydroxylation is 1. The maximum atomic E-state index is 5.92. The van der Waals surface area contributed by atoms with Crippen LogP contribution in [0.25, 0.3) is 11.0 Å². The van der Waals surface area contributed by atoms with Gasteiger partial charge in [0.15, 0.2) is 0 Å². The first-order valence-corrected chi connectivity index (χ1v) is 8.07. The maximum absolute atomic E-state index is 5.92. The van der Waals surface area contributed by atoms with Gasteiger partial charge in [0.2, 0.25) is 0 Å². The molecular weight excluding hydrogens is 387 g/mol. The molecule has 104 valence electrons. The third-order valence-corrected chi connectivity index (χ3v) is 4.24. The Bertz CT molecular complexity index is 721. The second-order valence-electron chi connectivity index (χ2n) is 4.66. The van der Waals surface area contributed by atoms with Crippen LogP contribution in [-0.4, -0.2) is 15.4 Å². The molecule has 1 aromatic carbocycles. The van der Waals surface area contributed by atoms with Crippen molar-refractivity contribution in [2.24, 2.45) is 0 Å². The highest BCUT2D eigenvalue weighted by atomic mass is 127. The number of nitrogens with zero attached hydrogens (tertiary/aromatic N) is 2. The van der Waals surface area contributed by atoms with Crippen LogP contribution in [0.3, 0.4) is 0 Å². The van der Waals surface area contributed by atoms with E-state index in [2.05, 4.69) is 52.3 Å². The van der Waals surface area contributed by atoms with E-state index in [9.17, 15) is 0 Å². The van der Waals surface area contributed by atoms with Crippen LogP contribution in [0.15, 0.2) is 41.0 Å². The van der Waals surface area contributed by atoms with Crippen molar-refractivity contribution in [3.05, 3.63) is 51.7 Å². The van der Waals surface area contributed by atoms with Crippen molar-refractivity contribution >= 4 is 45.2 Å². The van der Waals surface area contributed by atoms with Crippen molar-refractivity contribution in [1.82, 2.24) is 9.55 Å². The second-order valence-corrected chi connectivity index (χ2v) is 6.29. The highest BCUT2D eigenvalue weighted by Gasteiger charge is 2.18. The molecule has 3 aromatic rings. The molecule has 0 radical (unpaired) electrons. The van der Waals surface area contributed by atoms with E-state index in [4.69, 9.17) is 21.0 Å². The Morgan fingerprint density at radius 1 is 1.40 bits per heavy atom. The smallest absolute Gasteiger partial charge is 0.126 e. The summed E-state index contributed by atoms with van der Waals surface area (Å²) >= 11 is 8.22. The van der Waals surface area contributed by atoms with Gasteiger partial charge in [-0.2, -0.15) is 0 Å². The average Bonchev–Trinajstić information content (AvgIpc) is 3.05. The van der Waals surface area contributed by atoms with E-state index in [1.165, 1.54) is 3.57 Å². The minimum absolute atomic E-state index is 0.105. The Hall–Kier alpha value is -1.01. The fourth-order valence-corrected chi connectivity index (χ4v) is 3.11. The number of hydrogen-bond acceptors (Lipinski definition) is 2. The fourth-order valence-electron chi connectivity index (χ4n) is 2.47. The van der Waals surface area contributed by atoms with Crippen LogP contribution >= 0.6 is 34.2 Å². The van der Waals surface area contributed by atoms with Gasteiger partial charge in [-0.05, 0) is 59.8 Å². The van der Waals surface area contributed by atoms with Gasteiger partial charge in [0.25, 0.3) is 0 Å². The molecule has 3 nitrogen and oxygen atoms in total. The zero-order valence-electron chi connectivity index (χ0n) is 11.0. The van der Waals surface area contributed by atoms with Crippen LogP contribution < -0.4 is 0 Å². The lowest BCUT2D eigenvalue weighted by atomic mass is 10.2. The Morgan fingerprint density at radius 2 is 2.25 bits per heavy atom. The quantitative estimate of drug-likeness (QED) is 0.472. The first kappa shape index (κ1) is 13.9. The highest BCUT2D eigenvalue weighted by Crippen LogP contribution is 2.27. The molecule has 0 aliphatic rings. The van der Waals surface area contributed by atoms with Gasteiger partial charge in [0.1, 0.15) is 11.6 Å². The van der Waals surface area contributed by atoms with E-state index in [1.54, 1.807) is 6.26 Å². The molecule has 0 spiro atoms. The molecule has 0 fully saturated rings. The number of furan rings is 1. The lowest BCUT2D eigenvalue weighted by Crippen LogP contribution is -2.10. The SMILES string of the molecule is CC(c1ccco1)n1c(CCCl)nc2cc(I)ccc21. The predicted octanol–water partition coefficient (Wildman–Crippen LogP) is 4.62. The van der Waals surface area contributed by atoms with E-state index >= 15 is 0 Å². The monoisotopic (exact) mass is 400 g/mol. The number of fused-ring (bicyclic) bond motifs is 1. The molecule has 0 saturated carbocycles. The van der Waals surface area contributed by atoms with Gasteiger partial charge in [-0.25, -0.2) is 4.98 Å². The molecule has 2 heterocycles. The van der Waals surface area contributed by atoms with Gasteiger partial charge >= 0.3 is 0 Å². The normalized spacial score (nSPS) is 12.9. The standard InChI is InChI=1S/C15H14ClIN2O/c1-10(14-3-2-8-20-14)19-13-5-4-11(17)9-12(13)18-15(19)6-7-16/h2-5,8-10H,6-7H2,1H3. The van der Waals surface area contributed by atoms with Gasteiger partial charge in [0, 0.05) is 15.9 Å². The Kier molecular flexibility index (Phi) is 4.03. The third-order valence-electron chi connectivity index (χ3n) is 3.38. The van der Waals surface area contributed by atoms with Gasteiger partial charge in [0.05, 0.1) is 23.3 Å². The summed E-state index contributed by atoms with van der Waals surface area (Å²) in [6.45, 7) is 2.12. The Morgan fingerprint density at radius 3 is 2.95 bits per heavy atom. The summed E-state index contributed by atoms with van der Waals surface area (Å²) in [5, 5.41) is 0. The number of aromatic nitrogens is 2. The molecule has 0 aliphatic carbocycles. The van der Waals surface area contributed by atoms with E-state index in [1.807, 2.05) is 12.1 Å². The highest BCUT2D eigenvalue weighted by molar-refractivity contribution is 14.1. The van der Waals surface area contributed by atoms with Gasteiger partial charge in [-0.15, -0.1) is 11.6 Å². The van der Waals surface area contributed by atoms with E-state index in [0.29, 0.717) is 5.88 Å². The van der Waals surface area contributed by atoms with Crippen LogP contribution in [0.1, 0.15) is 24.6 Å². The van der Waals surface area contributed by atoms with Crippen molar-refractivity contribution in [2.75, 3.05) is 5.88 Å². The van der Waals surface area contributed by atoms with Crippen LogP contribution in [0, 0.1) is 3.57 Å². The van der Waals surface area contributed by atoms with E-state index in [0.717, 1.165) is 29.0 Å². The van der Waals surface area contributed by atoms with Crippen molar-refractivity contribution in [2.45, 2.75) is 19.4 Å². The first-order valence-electron chi connectivity index (χ1n) is 6.46. The summed E-state index contributed by atoms with van der Waals surface area (Å²) in [4.78, 5) is 4.73. The third kappa shape index (κ3) is 2.46.